The highest BCUT2D eigenvalue weighted by Crippen LogP contribution is 2.26. The topological polar surface area (TPSA) is 253 Å². The summed E-state index contributed by atoms with van der Waals surface area (Å²) in [5.41, 5.74) is 1.52. The number of rotatable bonds is 17. The van der Waals surface area contributed by atoms with Crippen LogP contribution < -0.4 is 25.6 Å². The van der Waals surface area contributed by atoms with Crippen LogP contribution in [-0.2, 0) is 48.4 Å². The van der Waals surface area contributed by atoms with Gasteiger partial charge in [0.05, 0.1) is 39.7 Å². The second kappa shape index (κ2) is 32.6. The molecule has 0 radical (unpaired) electrons. The largest absolute Gasteiger partial charge is 0.481 e. The third-order valence-corrected chi connectivity index (χ3v) is 15.1. The van der Waals surface area contributed by atoms with Crippen molar-refractivity contribution in [3.05, 3.63) is 164 Å². The molecule has 20 heteroatoms. The van der Waals surface area contributed by atoms with Gasteiger partial charge in [-0.25, -0.2) is 28.2 Å². The fourth-order valence-electron chi connectivity index (χ4n) is 6.50. The van der Waals surface area contributed by atoms with Crippen molar-refractivity contribution in [1.82, 2.24) is 5.48 Å². The summed E-state index contributed by atoms with van der Waals surface area (Å²) in [6.45, 7) is 6.35. The first kappa shape index (κ1) is 61.8. The van der Waals surface area contributed by atoms with Gasteiger partial charge in [0.2, 0.25) is 5.91 Å². The molecule has 6 aromatic carbocycles. The van der Waals surface area contributed by atoms with Crippen molar-refractivity contribution in [2.24, 2.45) is 23.7 Å². The summed E-state index contributed by atoms with van der Waals surface area (Å²) in [7, 11) is -7.00. The molecule has 0 bridgehead atoms. The molecular weight excluding hydrogens is 1040 g/mol. The average Bonchev–Trinajstić information content (AvgIpc) is 3.82. The molecule has 4 atom stereocenters. The monoisotopic (exact) mass is 1100 g/mol. The van der Waals surface area contributed by atoms with Crippen molar-refractivity contribution < 1.29 is 70.1 Å². The lowest BCUT2D eigenvalue weighted by molar-refractivity contribution is -0.164. The Morgan fingerprint density at radius 1 is 0.618 bits per heavy atom. The van der Waals surface area contributed by atoms with E-state index in [1.807, 2.05) is 97.9 Å². The van der Waals surface area contributed by atoms with E-state index in [9.17, 15) is 31.2 Å². The number of aliphatic carboxylic acids is 1. The van der Waals surface area contributed by atoms with Gasteiger partial charge in [0.1, 0.15) is 34.5 Å². The van der Waals surface area contributed by atoms with Gasteiger partial charge < -0.3 is 28.8 Å². The van der Waals surface area contributed by atoms with Crippen LogP contribution >= 0.6 is 12.6 Å². The number of carboxylic acid groups (broad SMARTS) is 1. The number of carbonyl (C=O) groups excluding carboxylic acids is 2. The zero-order valence-corrected chi connectivity index (χ0v) is 45.0. The van der Waals surface area contributed by atoms with Crippen LogP contribution in [0.4, 0.5) is 0 Å². The van der Waals surface area contributed by atoms with E-state index in [2.05, 4.69) is 22.2 Å². The zero-order valence-electron chi connectivity index (χ0n) is 42.5. The molecular formula is C56H66N2O15S3. The number of carboxylic acids is 1. The number of sulfone groups is 2. The minimum Gasteiger partial charge on any atom is -0.481 e. The summed E-state index contributed by atoms with van der Waals surface area (Å²) < 4.78 is 75.5. The molecule has 0 aromatic heterocycles. The van der Waals surface area contributed by atoms with Crippen LogP contribution in [0.2, 0.25) is 0 Å². The fraction of sp³-hybridized carbons (Fsp3) is 0.304. The number of amides is 1. The standard InChI is InChI=1S/C17H19NO5S.C17H18O5S.C12H10OS.C5H11NO2.C5H8O2/c1-13(17(19)18-20)11-12-24(21,22)16-9-7-15(8-10-16)23-14-5-3-2-4-6-14;1-13(17(18)19)11-12-23(20,21)16-9-7-15(8-10-16)22-14-5-3-2-4-6-14;14-12-8-6-11(7-9-12)13-10-4-2-1-3-5-10;6-8-5-3-1-2-4-7-5;1-4-2-3-7-5(4)6/h2-10,13,20H,11-12H2,1H3,(H,18,19);2-10,13H,11-12H2,1H3,(H,18,19);1-9,14H;5H,1-4,6H2;4H,2-3H2,1H3. The van der Waals surface area contributed by atoms with Crippen molar-refractivity contribution in [3.8, 4) is 34.5 Å². The molecule has 408 valence electrons. The van der Waals surface area contributed by atoms with Crippen LogP contribution in [-0.4, -0.2) is 76.0 Å². The lowest BCUT2D eigenvalue weighted by atomic mass is 10.1. The molecule has 6 aromatic rings. The number of cyclic esters (lactones) is 1. The van der Waals surface area contributed by atoms with Gasteiger partial charge in [-0.15, -0.1) is 12.6 Å². The maximum absolute atomic E-state index is 12.3. The number of para-hydroxylation sites is 3. The molecule has 4 unspecified atom stereocenters. The van der Waals surface area contributed by atoms with E-state index in [-0.39, 0.29) is 52.3 Å². The van der Waals surface area contributed by atoms with E-state index in [1.54, 1.807) is 55.5 Å². The summed E-state index contributed by atoms with van der Waals surface area (Å²) in [5.74, 6) is 5.81. The number of benzene rings is 6. The third-order valence-electron chi connectivity index (χ3n) is 11.2. The minimum absolute atomic E-state index is 0.0417. The molecule has 2 aliphatic heterocycles. The lowest BCUT2D eigenvalue weighted by Crippen LogP contribution is -2.27. The normalized spacial score (nSPS) is 15.5. The summed E-state index contributed by atoms with van der Waals surface area (Å²) >= 11 is 4.20. The number of nitrogens with one attached hydrogen (secondary N) is 1. The molecule has 17 nitrogen and oxygen atoms in total. The number of thiol groups is 1. The van der Waals surface area contributed by atoms with E-state index in [0.717, 1.165) is 42.3 Å². The van der Waals surface area contributed by atoms with Crippen molar-refractivity contribution in [3.63, 3.8) is 0 Å². The SMILES string of the molecule is CC(CCS(=O)(=O)c1ccc(Oc2ccccc2)cc1)C(=O)NO.CC(CCS(=O)(=O)c1ccc(Oc2ccccc2)cc1)C(=O)O.CC1CCOC1=O.NOC1CCCCO1.Sc1ccc(Oc2ccccc2)cc1. The Labute approximate surface area is 450 Å². The van der Waals surface area contributed by atoms with Crippen LogP contribution in [0.5, 0.6) is 34.5 Å². The Morgan fingerprint density at radius 3 is 1.32 bits per heavy atom. The molecule has 5 N–H and O–H groups in total. The predicted molar refractivity (Wildman–Crippen MR) is 289 cm³/mol. The van der Waals surface area contributed by atoms with Crippen molar-refractivity contribution >= 4 is 50.1 Å². The van der Waals surface area contributed by atoms with Gasteiger partial charge in [0, 0.05) is 23.8 Å². The Hall–Kier alpha value is -6.78. The van der Waals surface area contributed by atoms with Crippen LogP contribution in [0, 0.1) is 17.8 Å². The van der Waals surface area contributed by atoms with Crippen LogP contribution in [0.1, 0.15) is 59.3 Å². The Balaban J connectivity index is 0.000000220. The summed E-state index contributed by atoms with van der Waals surface area (Å²) in [6.07, 6.45) is 4.22. The number of ether oxygens (including phenoxy) is 5. The molecule has 1 amide bonds. The van der Waals surface area contributed by atoms with Gasteiger partial charge >= 0.3 is 11.9 Å². The first-order valence-corrected chi connectivity index (χ1v) is 28.1. The highest BCUT2D eigenvalue weighted by molar-refractivity contribution is 7.91. The van der Waals surface area contributed by atoms with E-state index in [1.165, 1.54) is 43.1 Å². The lowest BCUT2D eigenvalue weighted by Gasteiger charge is -2.19. The van der Waals surface area contributed by atoms with E-state index in [4.69, 9.17) is 35.2 Å². The van der Waals surface area contributed by atoms with Gasteiger partial charge in [0.25, 0.3) is 0 Å². The van der Waals surface area contributed by atoms with Gasteiger partial charge in [-0.3, -0.25) is 24.4 Å². The molecule has 2 aliphatic rings. The molecule has 8 rings (SSSR count). The third kappa shape index (κ3) is 23.0. The maximum atomic E-state index is 12.3. The molecule has 2 heterocycles. The van der Waals surface area contributed by atoms with Gasteiger partial charge in [-0.2, -0.15) is 0 Å². The van der Waals surface area contributed by atoms with Crippen LogP contribution in [0.25, 0.3) is 0 Å². The van der Waals surface area contributed by atoms with Crippen molar-refractivity contribution in [2.45, 2.75) is 80.3 Å². The average molecular weight is 1100 g/mol. The molecule has 0 aliphatic carbocycles. The van der Waals surface area contributed by atoms with Crippen molar-refractivity contribution in [2.75, 3.05) is 24.7 Å². The molecule has 2 fully saturated rings. The van der Waals surface area contributed by atoms with Gasteiger partial charge in [-0.05, 0) is 141 Å². The number of hydrogen-bond acceptors (Lipinski definition) is 16. The second-order valence-corrected chi connectivity index (χ2v) is 22.0. The summed E-state index contributed by atoms with van der Waals surface area (Å²) in [5, 5.41) is 17.4. The first-order chi connectivity index (χ1) is 36.4. The Kier molecular flexibility index (Phi) is 26.5. The predicted octanol–water partition coefficient (Wildman–Crippen LogP) is 10.9. The van der Waals surface area contributed by atoms with Crippen LogP contribution in [0.15, 0.2) is 178 Å². The highest BCUT2D eigenvalue weighted by Gasteiger charge is 2.22. The van der Waals surface area contributed by atoms with Crippen molar-refractivity contribution in [1.29, 1.82) is 0 Å². The number of hydroxylamine groups is 1. The number of hydrogen-bond donors (Lipinski definition) is 5. The maximum Gasteiger partial charge on any atom is 0.308 e. The number of nitrogens with two attached hydrogens (primary N) is 1. The van der Waals surface area contributed by atoms with Gasteiger partial charge in [-0.1, -0.05) is 75.4 Å². The number of carbonyl (C=O) groups is 3. The molecule has 2 saturated heterocycles. The zero-order chi connectivity index (χ0) is 55.4. The number of esters is 1. The summed E-state index contributed by atoms with van der Waals surface area (Å²) in [4.78, 5) is 38.1. The van der Waals surface area contributed by atoms with Crippen LogP contribution in [0.3, 0.4) is 0 Å². The Morgan fingerprint density at radius 2 is 1.01 bits per heavy atom. The first-order valence-electron chi connectivity index (χ1n) is 24.3. The van der Waals surface area contributed by atoms with Gasteiger partial charge in [0.15, 0.2) is 26.0 Å². The fourth-order valence-corrected chi connectivity index (χ4v) is 9.55. The quantitative estimate of drug-likeness (QED) is 0.0246. The Bertz CT molecular complexity index is 2860. The smallest absolute Gasteiger partial charge is 0.308 e. The van der Waals surface area contributed by atoms with E-state index < -0.39 is 43.4 Å². The van der Waals surface area contributed by atoms with E-state index >= 15 is 0 Å². The molecule has 76 heavy (non-hydrogen) atoms. The summed E-state index contributed by atoms with van der Waals surface area (Å²) in [6, 6.07) is 47.9. The highest BCUT2D eigenvalue weighted by atomic mass is 32.2. The van der Waals surface area contributed by atoms with E-state index in [0.29, 0.717) is 29.6 Å². The molecule has 0 saturated carbocycles. The second-order valence-electron chi connectivity index (χ2n) is 17.3. The minimum atomic E-state index is -3.50. The molecule has 0 spiro atoms.